The molecule has 18 heavy (non-hydrogen) atoms. The lowest BCUT2D eigenvalue weighted by Gasteiger charge is -2.03. The number of fused-ring (bicyclic) bond motifs is 1. The Morgan fingerprint density at radius 3 is 2.67 bits per heavy atom. The SMILES string of the molecule is c1ccc(CSc2ccc3cccnc3c2)cc1. The number of hydrogen-bond donors (Lipinski definition) is 0. The molecular formula is C16H13NS. The van der Waals surface area contributed by atoms with Gasteiger partial charge in [0, 0.05) is 22.2 Å². The molecule has 1 nitrogen and oxygen atoms in total. The highest BCUT2D eigenvalue weighted by Gasteiger charge is 1.98. The molecule has 3 rings (SSSR count). The minimum atomic E-state index is 0.999. The number of hydrogen-bond acceptors (Lipinski definition) is 2. The van der Waals surface area contributed by atoms with Crippen LogP contribution in [0.2, 0.25) is 0 Å². The Kier molecular flexibility index (Phi) is 3.29. The second-order valence-corrected chi connectivity index (χ2v) is 5.18. The van der Waals surface area contributed by atoms with Gasteiger partial charge in [0.2, 0.25) is 0 Å². The summed E-state index contributed by atoms with van der Waals surface area (Å²) in [5, 5.41) is 1.20. The largest absolute Gasteiger partial charge is 0.256 e. The van der Waals surface area contributed by atoms with Crippen LogP contribution >= 0.6 is 11.8 Å². The van der Waals surface area contributed by atoms with Crippen molar-refractivity contribution in [1.82, 2.24) is 4.98 Å². The van der Waals surface area contributed by atoms with Crippen LogP contribution < -0.4 is 0 Å². The Morgan fingerprint density at radius 2 is 1.78 bits per heavy atom. The van der Waals surface area contributed by atoms with Gasteiger partial charge in [0.25, 0.3) is 0 Å². The molecule has 0 saturated carbocycles. The molecule has 0 aliphatic carbocycles. The second kappa shape index (κ2) is 5.23. The molecule has 0 fully saturated rings. The normalized spacial score (nSPS) is 10.7. The van der Waals surface area contributed by atoms with E-state index in [1.54, 1.807) is 0 Å². The maximum atomic E-state index is 4.38. The average Bonchev–Trinajstić information content (AvgIpc) is 2.46. The highest BCUT2D eigenvalue weighted by molar-refractivity contribution is 7.98. The van der Waals surface area contributed by atoms with E-state index in [4.69, 9.17) is 0 Å². The van der Waals surface area contributed by atoms with Gasteiger partial charge < -0.3 is 0 Å². The molecule has 0 aliphatic heterocycles. The summed E-state index contributed by atoms with van der Waals surface area (Å²) < 4.78 is 0. The molecule has 0 spiro atoms. The van der Waals surface area contributed by atoms with Crippen LogP contribution in [0.15, 0.2) is 71.8 Å². The van der Waals surface area contributed by atoms with Crippen molar-refractivity contribution in [3.05, 3.63) is 72.4 Å². The van der Waals surface area contributed by atoms with Gasteiger partial charge in [-0.3, -0.25) is 4.98 Å². The van der Waals surface area contributed by atoms with Gasteiger partial charge in [-0.2, -0.15) is 0 Å². The third kappa shape index (κ3) is 2.54. The summed E-state index contributed by atoms with van der Waals surface area (Å²) in [7, 11) is 0. The summed E-state index contributed by atoms with van der Waals surface area (Å²) >= 11 is 1.85. The molecular weight excluding hydrogens is 238 g/mol. The topological polar surface area (TPSA) is 12.9 Å². The Bertz CT molecular complexity index is 649. The number of benzene rings is 2. The molecule has 0 amide bonds. The van der Waals surface area contributed by atoms with Gasteiger partial charge in [-0.25, -0.2) is 0 Å². The van der Waals surface area contributed by atoms with Crippen LogP contribution in [-0.4, -0.2) is 4.98 Å². The summed E-state index contributed by atoms with van der Waals surface area (Å²) in [4.78, 5) is 5.65. The van der Waals surface area contributed by atoms with Gasteiger partial charge in [0.1, 0.15) is 0 Å². The van der Waals surface area contributed by atoms with Crippen molar-refractivity contribution in [1.29, 1.82) is 0 Å². The first kappa shape index (κ1) is 11.3. The molecule has 0 radical (unpaired) electrons. The number of aromatic nitrogens is 1. The minimum Gasteiger partial charge on any atom is -0.256 e. The van der Waals surface area contributed by atoms with E-state index in [-0.39, 0.29) is 0 Å². The minimum absolute atomic E-state index is 0.999. The third-order valence-corrected chi connectivity index (χ3v) is 3.89. The molecule has 1 aromatic heterocycles. The van der Waals surface area contributed by atoms with Crippen molar-refractivity contribution in [2.75, 3.05) is 0 Å². The van der Waals surface area contributed by atoms with E-state index >= 15 is 0 Å². The van der Waals surface area contributed by atoms with Gasteiger partial charge >= 0.3 is 0 Å². The number of nitrogens with zero attached hydrogens (tertiary/aromatic N) is 1. The van der Waals surface area contributed by atoms with Crippen molar-refractivity contribution in [2.45, 2.75) is 10.6 Å². The summed E-state index contributed by atoms with van der Waals surface area (Å²) in [5.74, 6) is 0.999. The van der Waals surface area contributed by atoms with Crippen molar-refractivity contribution in [3.8, 4) is 0 Å². The lowest BCUT2D eigenvalue weighted by atomic mass is 10.2. The van der Waals surface area contributed by atoms with E-state index in [9.17, 15) is 0 Å². The number of rotatable bonds is 3. The van der Waals surface area contributed by atoms with Crippen LogP contribution in [0.3, 0.4) is 0 Å². The standard InChI is InChI=1S/C16H13NS/c1-2-5-13(6-3-1)12-18-15-9-8-14-7-4-10-17-16(14)11-15/h1-11H,12H2. The fourth-order valence-electron chi connectivity index (χ4n) is 1.88. The van der Waals surface area contributed by atoms with Gasteiger partial charge in [-0.15, -0.1) is 11.8 Å². The third-order valence-electron chi connectivity index (χ3n) is 2.83. The Balaban J connectivity index is 1.79. The van der Waals surface area contributed by atoms with Crippen LogP contribution in [0.1, 0.15) is 5.56 Å². The van der Waals surface area contributed by atoms with E-state index < -0.39 is 0 Å². The molecule has 1 heterocycles. The first-order chi connectivity index (χ1) is 8.92. The predicted octanol–water partition coefficient (Wildman–Crippen LogP) is 4.53. The number of thioether (sulfide) groups is 1. The van der Waals surface area contributed by atoms with Crippen LogP contribution in [-0.2, 0) is 5.75 Å². The smallest absolute Gasteiger partial charge is 0.0713 e. The zero-order valence-electron chi connectivity index (χ0n) is 9.91. The quantitative estimate of drug-likeness (QED) is 0.634. The molecule has 3 aromatic rings. The van der Waals surface area contributed by atoms with Crippen LogP contribution in [0.25, 0.3) is 10.9 Å². The molecule has 0 aliphatic rings. The van der Waals surface area contributed by atoms with Crippen molar-refractivity contribution >= 4 is 22.7 Å². The summed E-state index contributed by atoms with van der Waals surface area (Å²) in [5.41, 5.74) is 2.42. The lowest BCUT2D eigenvalue weighted by Crippen LogP contribution is -1.81. The van der Waals surface area contributed by atoms with Crippen LogP contribution in [0, 0.1) is 0 Å². The monoisotopic (exact) mass is 251 g/mol. The first-order valence-electron chi connectivity index (χ1n) is 5.93. The molecule has 0 N–H and O–H groups in total. The van der Waals surface area contributed by atoms with E-state index in [0.29, 0.717) is 0 Å². The molecule has 2 aromatic carbocycles. The highest BCUT2D eigenvalue weighted by Crippen LogP contribution is 2.25. The fraction of sp³-hybridized carbons (Fsp3) is 0.0625. The van der Waals surface area contributed by atoms with Gasteiger partial charge in [-0.05, 0) is 23.8 Å². The zero-order chi connectivity index (χ0) is 12.2. The Morgan fingerprint density at radius 1 is 0.889 bits per heavy atom. The zero-order valence-corrected chi connectivity index (χ0v) is 10.7. The molecule has 0 bridgehead atoms. The van der Waals surface area contributed by atoms with Crippen molar-refractivity contribution in [2.24, 2.45) is 0 Å². The molecule has 2 heteroatoms. The average molecular weight is 251 g/mol. The Hall–Kier alpha value is -1.80. The first-order valence-corrected chi connectivity index (χ1v) is 6.92. The van der Waals surface area contributed by atoms with Crippen molar-refractivity contribution < 1.29 is 0 Å². The van der Waals surface area contributed by atoms with E-state index in [0.717, 1.165) is 11.3 Å². The van der Waals surface area contributed by atoms with E-state index in [2.05, 4.69) is 53.5 Å². The lowest BCUT2D eigenvalue weighted by molar-refractivity contribution is 1.36. The van der Waals surface area contributed by atoms with E-state index in [1.165, 1.54) is 15.8 Å². The van der Waals surface area contributed by atoms with Crippen LogP contribution in [0.4, 0.5) is 0 Å². The van der Waals surface area contributed by atoms with Crippen LogP contribution in [0.5, 0.6) is 0 Å². The molecule has 0 atom stereocenters. The van der Waals surface area contributed by atoms with E-state index in [1.807, 2.05) is 30.1 Å². The molecule has 0 saturated heterocycles. The van der Waals surface area contributed by atoms with Gasteiger partial charge in [-0.1, -0.05) is 42.5 Å². The summed E-state index contributed by atoms with van der Waals surface area (Å²) in [6.45, 7) is 0. The Labute approximate surface area is 111 Å². The molecule has 0 unspecified atom stereocenters. The maximum absolute atomic E-state index is 4.38. The van der Waals surface area contributed by atoms with Crippen molar-refractivity contribution in [3.63, 3.8) is 0 Å². The van der Waals surface area contributed by atoms with Gasteiger partial charge in [0.05, 0.1) is 5.52 Å². The van der Waals surface area contributed by atoms with Gasteiger partial charge in [0.15, 0.2) is 0 Å². The molecule has 88 valence electrons. The maximum Gasteiger partial charge on any atom is 0.0713 e. The highest BCUT2D eigenvalue weighted by atomic mass is 32.2. The fourth-order valence-corrected chi connectivity index (χ4v) is 2.76. The summed E-state index contributed by atoms with van der Waals surface area (Å²) in [6, 6.07) is 21.0. The summed E-state index contributed by atoms with van der Waals surface area (Å²) in [6.07, 6.45) is 1.84. The number of pyridine rings is 1. The predicted molar refractivity (Wildman–Crippen MR) is 77.7 cm³/mol. The second-order valence-electron chi connectivity index (χ2n) is 4.13.